The summed E-state index contributed by atoms with van der Waals surface area (Å²) in [7, 11) is 0. The van der Waals surface area contributed by atoms with Crippen molar-refractivity contribution < 1.29 is 52.3 Å². The fraction of sp³-hybridized carbons (Fsp3) is 0.483. The molecule has 0 unspecified atom stereocenters. The van der Waals surface area contributed by atoms with Gasteiger partial charge in [0, 0.05) is 36.8 Å². The second kappa shape index (κ2) is 21.2. The van der Waals surface area contributed by atoms with Crippen molar-refractivity contribution in [2.24, 2.45) is 4.99 Å². The summed E-state index contributed by atoms with van der Waals surface area (Å²) in [4.78, 5) is 28.0. The first-order valence-electron chi connectivity index (χ1n) is 13.9. The summed E-state index contributed by atoms with van der Waals surface area (Å²) in [6.07, 6.45) is 8.66. The SMILES string of the molecule is CC(C)(C)OC(=O)NCCCNC(=O)OC[n+]1ccc(N/C(=N\CCCCCCOc2ccc(Cl)cc2)NC#N)cc1.[I-]. The molecule has 0 atom stereocenters. The van der Waals surface area contributed by atoms with Crippen LogP contribution >= 0.6 is 11.6 Å². The Morgan fingerprint density at radius 2 is 1.60 bits per heavy atom. The highest BCUT2D eigenvalue weighted by Gasteiger charge is 2.15. The minimum Gasteiger partial charge on any atom is -1.00 e. The summed E-state index contributed by atoms with van der Waals surface area (Å²) in [5.74, 6) is 1.17. The maximum absolute atomic E-state index is 11.9. The Hall–Kier alpha value is -3.51. The molecule has 0 aliphatic heterocycles. The van der Waals surface area contributed by atoms with Crippen LogP contribution < -0.4 is 54.5 Å². The third kappa shape index (κ3) is 18.6. The molecule has 4 N–H and O–H groups in total. The van der Waals surface area contributed by atoms with E-state index in [2.05, 4.69) is 26.3 Å². The Kier molecular flexibility index (Phi) is 18.5. The van der Waals surface area contributed by atoms with Crippen molar-refractivity contribution in [2.75, 3.05) is 31.6 Å². The van der Waals surface area contributed by atoms with E-state index in [0.29, 0.717) is 49.3 Å². The minimum absolute atomic E-state index is 0. The van der Waals surface area contributed by atoms with Gasteiger partial charge >= 0.3 is 12.2 Å². The molecule has 1 aromatic heterocycles. The number of pyridine rings is 1. The van der Waals surface area contributed by atoms with Crippen LogP contribution in [0.5, 0.6) is 5.75 Å². The number of hydrogen-bond donors (Lipinski definition) is 4. The number of nitrogens with zero attached hydrogens (tertiary/aromatic N) is 3. The number of alkyl carbamates (subject to hydrolysis) is 2. The highest BCUT2D eigenvalue weighted by molar-refractivity contribution is 6.30. The van der Waals surface area contributed by atoms with Crippen LogP contribution in [0.1, 0.15) is 52.9 Å². The molecule has 0 saturated carbocycles. The van der Waals surface area contributed by atoms with E-state index in [1.54, 1.807) is 62.0 Å². The van der Waals surface area contributed by atoms with Gasteiger partial charge in [0.25, 0.3) is 6.73 Å². The summed E-state index contributed by atoms with van der Waals surface area (Å²) in [5.41, 5.74) is 0.159. The standard InChI is InChI=1S/C29H40ClN7O5.HI/c1-29(2,3)42-28(39)34-17-8-16-33-27(38)41-22-37-18-13-24(14-19-37)36-26(35-21-31)32-15-6-4-5-7-20-40-25-11-9-23(30)10-12-25;/h9-14,18-19H,4-8,15-17,20,22H2,1-3H3,(H3,32,33,34,35,38,39);1H. The fourth-order valence-corrected chi connectivity index (χ4v) is 3.50. The van der Waals surface area contributed by atoms with Crippen molar-refractivity contribution in [3.05, 3.63) is 53.8 Å². The molecule has 1 heterocycles. The van der Waals surface area contributed by atoms with E-state index in [1.165, 1.54) is 0 Å². The van der Waals surface area contributed by atoms with Crippen molar-refractivity contribution in [3.63, 3.8) is 0 Å². The van der Waals surface area contributed by atoms with Crippen molar-refractivity contribution in [1.29, 1.82) is 5.26 Å². The number of ether oxygens (including phenoxy) is 3. The molecule has 2 rings (SSSR count). The molecule has 0 spiro atoms. The first-order chi connectivity index (χ1) is 20.1. The largest absolute Gasteiger partial charge is 1.00 e. The average Bonchev–Trinajstić information content (AvgIpc) is 2.94. The quantitative estimate of drug-likeness (QED) is 0.0412. The molecule has 0 aliphatic carbocycles. The number of halogens is 2. The van der Waals surface area contributed by atoms with E-state index in [9.17, 15) is 9.59 Å². The summed E-state index contributed by atoms with van der Waals surface area (Å²) in [6.45, 7) is 7.31. The van der Waals surface area contributed by atoms with Crippen LogP contribution in [0.4, 0.5) is 15.3 Å². The molecule has 12 nitrogen and oxygen atoms in total. The molecule has 43 heavy (non-hydrogen) atoms. The van der Waals surface area contributed by atoms with E-state index >= 15 is 0 Å². The molecular weight excluding hydrogens is 689 g/mol. The topological polar surface area (TPSA) is 150 Å². The number of hydrogen-bond acceptors (Lipinski definition) is 7. The summed E-state index contributed by atoms with van der Waals surface area (Å²) in [5, 5.41) is 20.6. The van der Waals surface area contributed by atoms with Gasteiger partial charge in [-0.1, -0.05) is 18.0 Å². The predicted molar refractivity (Wildman–Crippen MR) is 160 cm³/mol. The lowest BCUT2D eigenvalue weighted by Gasteiger charge is -2.19. The Morgan fingerprint density at radius 3 is 2.26 bits per heavy atom. The molecule has 0 bridgehead atoms. The van der Waals surface area contributed by atoms with Gasteiger partial charge in [0.05, 0.1) is 12.3 Å². The molecule has 1 aromatic carbocycles. The van der Waals surface area contributed by atoms with Gasteiger partial charge in [-0.3, -0.25) is 10.3 Å². The van der Waals surface area contributed by atoms with Gasteiger partial charge in [0.2, 0.25) is 5.96 Å². The van der Waals surface area contributed by atoms with Gasteiger partial charge in [0.15, 0.2) is 18.6 Å². The van der Waals surface area contributed by atoms with Gasteiger partial charge in [0.1, 0.15) is 11.4 Å². The van der Waals surface area contributed by atoms with E-state index in [1.807, 2.05) is 18.3 Å². The van der Waals surface area contributed by atoms with Gasteiger partial charge in [-0.15, -0.1) is 0 Å². The lowest BCUT2D eigenvalue weighted by atomic mass is 10.2. The number of anilines is 1. The highest BCUT2D eigenvalue weighted by Crippen LogP contribution is 2.16. The predicted octanol–water partition coefficient (Wildman–Crippen LogP) is 1.71. The number of nitriles is 1. The van der Waals surface area contributed by atoms with E-state index < -0.39 is 17.8 Å². The fourth-order valence-electron chi connectivity index (χ4n) is 3.37. The van der Waals surface area contributed by atoms with Crippen LogP contribution in [0.3, 0.4) is 0 Å². The van der Waals surface area contributed by atoms with Crippen LogP contribution in [0.2, 0.25) is 5.02 Å². The Morgan fingerprint density at radius 1 is 0.953 bits per heavy atom. The smallest absolute Gasteiger partial charge is 0.411 e. The number of benzene rings is 1. The van der Waals surface area contributed by atoms with Crippen LogP contribution in [0.25, 0.3) is 0 Å². The number of aliphatic imine (C=N–C) groups is 1. The normalized spacial score (nSPS) is 10.9. The van der Waals surface area contributed by atoms with Crippen LogP contribution in [-0.2, 0) is 16.2 Å². The first-order valence-corrected chi connectivity index (χ1v) is 14.2. The van der Waals surface area contributed by atoms with Crippen molar-refractivity contribution in [3.8, 4) is 11.9 Å². The van der Waals surface area contributed by atoms with Gasteiger partial charge in [-0.2, -0.15) is 9.83 Å². The Labute approximate surface area is 275 Å². The molecular formula is C29H41ClIN7O5. The number of carbonyl (C=O) groups excluding carboxylic acids is 2. The monoisotopic (exact) mass is 729 g/mol. The van der Waals surface area contributed by atoms with Crippen LogP contribution in [0.15, 0.2) is 53.8 Å². The van der Waals surface area contributed by atoms with Crippen molar-refractivity contribution in [1.82, 2.24) is 16.0 Å². The molecule has 0 fully saturated rings. The summed E-state index contributed by atoms with van der Waals surface area (Å²) in [6, 6.07) is 10.9. The molecule has 0 saturated heterocycles. The Balaban J connectivity index is 0.00000924. The molecule has 2 aromatic rings. The second-order valence-electron chi connectivity index (χ2n) is 10.2. The number of amides is 2. The zero-order valence-electron chi connectivity index (χ0n) is 24.8. The number of unbranched alkanes of at least 4 members (excludes halogenated alkanes) is 3. The van der Waals surface area contributed by atoms with Crippen molar-refractivity contribution in [2.45, 2.75) is 65.2 Å². The maximum atomic E-state index is 11.9. The number of nitrogens with one attached hydrogen (secondary N) is 4. The number of rotatable bonds is 15. The second-order valence-corrected chi connectivity index (χ2v) is 10.6. The number of guanidine groups is 1. The first kappa shape index (κ1) is 37.5. The minimum atomic E-state index is -0.566. The Bertz CT molecular complexity index is 1170. The molecule has 236 valence electrons. The summed E-state index contributed by atoms with van der Waals surface area (Å²) < 4.78 is 17.7. The third-order valence-electron chi connectivity index (χ3n) is 5.37. The van der Waals surface area contributed by atoms with E-state index in [0.717, 1.165) is 31.4 Å². The third-order valence-corrected chi connectivity index (χ3v) is 5.62. The van der Waals surface area contributed by atoms with E-state index in [-0.39, 0.29) is 30.7 Å². The van der Waals surface area contributed by atoms with Gasteiger partial charge < -0.3 is 54.1 Å². The zero-order valence-corrected chi connectivity index (χ0v) is 27.7. The zero-order chi connectivity index (χ0) is 30.6. The van der Waals surface area contributed by atoms with Gasteiger partial charge in [-0.25, -0.2) is 9.59 Å². The number of aromatic nitrogens is 1. The lowest BCUT2D eigenvalue weighted by Crippen LogP contribution is -3.00. The number of carbonyl (C=O) groups is 2. The molecule has 2 amide bonds. The maximum Gasteiger partial charge on any atom is 0.411 e. The highest BCUT2D eigenvalue weighted by atomic mass is 127. The van der Waals surface area contributed by atoms with E-state index in [4.69, 9.17) is 31.1 Å². The summed E-state index contributed by atoms with van der Waals surface area (Å²) >= 11 is 5.87. The lowest BCUT2D eigenvalue weighted by molar-refractivity contribution is -0.727. The van der Waals surface area contributed by atoms with Crippen LogP contribution in [0, 0.1) is 11.5 Å². The molecule has 14 heteroatoms. The van der Waals surface area contributed by atoms with Gasteiger partial charge in [-0.05, 0) is 70.7 Å². The average molecular weight is 730 g/mol. The molecule has 0 radical (unpaired) electrons. The van der Waals surface area contributed by atoms with Crippen molar-refractivity contribution >= 4 is 35.4 Å². The molecule has 0 aliphatic rings. The van der Waals surface area contributed by atoms with Crippen LogP contribution in [-0.4, -0.2) is 50.0 Å².